The summed E-state index contributed by atoms with van der Waals surface area (Å²) in [5, 5.41) is 10.2. The Morgan fingerprint density at radius 2 is 2.00 bits per heavy atom. The van der Waals surface area contributed by atoms with Crippen molar-refractivity contribution in [3.05, 3.63) is 40.9 Å². The molecule has 0 fully saturated rings. The van der Waals surface area contributed by atoms with E-state index in [1.165, 1.54) is 38.5 Å². The van der Waals surface area contributed by atoms with Crippen LogP contribution in [0.2, 0.25) is 0 Å². The fourth-order valence-electron chi connectivity index (χ4n) is 2.06. The summed E-state index contributed by atoms with van der Waals surface area (Å²) < 4.78 is 0. The summed E-state index contributed by atoms with van der Waals surface area (Å²) in [6, 6.07) is 0. The van der Waals surface area contributed by atoms with Crippen molar-refractivity contribution in [3.63, 3.8) is 0 Å². The summed E-state index contributed by atoms with van der Waals surface area (Å²) in [7, 11) is 0. The van der Waals surface area contributed by atoms with Crippen LogP contribution in [0.15, 0.2) is 35.9 Å². The van der Waals surface area contributed by atoms with E-state index in [-0.39, 0.29) is 0 Å². The second kappa shape index (κ2) is 14.4. The second-order valence-corrected chi connectivity index (χ2v) is 6.76. The second-order valence-electron chi connectivity index (χ2n) is 5.37. The Bertz CT molecular complexity index is 453. The molecular weight excluding hydrogens is 322 g/mol. The molecule has 0 spiro atoms. The van der Waals surface area contributed by atoms with Crippen LogP contribution < -0.4 is 10.6 Å². The van der Waals surface area contributed by atoms with Gasteiger partial charge in [-0.3, -0.25) is 0 Å². The number of thiocarbonyl (C=S) groups is 1. The van der Waals surface area contributed by atoms with Crippen molar-refractivity contribution in [3.8, 4) is 0 Å². The molecule has 0 radical (unpaired) electrons. The Labute approximate surface area is 150 Å². The number of allylic oxidation sites excluding steroid dienone is 3. The lowest BCUT2D eigenvalue weighted by atomic mass is 10.1. The highest BCUT2D eigenvalue weighted by atomic mass is 32.1. The largest absolute Gasteiger partial charge is 0.362 e. The molecule has 0 aliphatic rings. The van der Waals surface area contributed by atoms with Gasteiger partial charge in [-0.1, -0.05) is 56.9 Å². The molecule has 1 rings (SSSR count). The van der Waals surface area contributed by atoms with E-state index in [2.05, 4.69) is 46.8 Å². The van der Waals surface area contributed by atoms with Gasteiger partial charge in [0.2, 0.25) is 0 Å². The van der Waals surface area contributed by atoms with Crippen molar-refractivity contribution < 1.29 is 0 Å². The van der Waals surface area contributed by atoms with Gasteiger partial charge in [0.15, 0.2) is 5.11 Å². The number of aromatic nitrogens is 1. The molecule has 0 amide bonds. The first-order valence-electron chi connectivity index (χ1n) is 8.54. The predicted molar refractivity (Wildman–Crippen MR) is 106 cm³/mol. The van der Waals surface area contributed by atoms with E-state index in [0.717, 1.165) is 24.5 Å². The molecule has 3 nitrogen and oxygen atoms in total. The first-order valence-corrected chi connectivity index (χ1v) is 9.83. The van der Waals surface area contributed by atoms with Gasteiger partial charge in [-0.15, -0.1) is 11.3 Å². The van der Waals surface area contributed by atoms with E-state index < -0.39 is 0 Å². The molecule has 23 heavy (non-hydrogen) atoms. The normalized spacial score (nSPS) is 11.3. The minimum Gasteiger partial charge on any atom is -0.362 e. The standard InChI is InChI=1S/C18H29N3S2/c1-2-3-4-5-6-7-8-9-10-11-13-20-18(22)21-14-12-17-19-15-16-23-17/h8-11,15-16H,2-7,12-14H2,1H3,(H2,20,21,22). The predicted octanol–water partition coefficient (Wildman–Crippen LogP) is 4.62. The topological polar surface area (TPSA) is 37.0 Å². The minimum atomic E-state index is 0.700. The van der Waals surface area contributed by atoms with E-state index in [4.69, 9.17) is 12.2 Å². The van der Waals surface area contributed by atoms with Gasteiger partial charge >= 0.3 is 0 Å². The zero-order chi connectivity index (χ0) is 16.6. The smallest absolute Gasteiger partial charge is 0.166 e. The zero-order valence-corrected chi connectivity index (χ0v) is 15.7. The molecular formula is C18H29N3S2. The minimum absolute atomic E-state index is 0.700. The Morgan fingerprint density at radius 1 is 1.17 bits per heavy atom. The van der Waals surface area contributed by atoms with Crippen molar-refractivity contribution in [1.82, 2.24) is 15.6 Å². The first-order chi connectivity index (χ1) is 11.3. The molecule has 0 unspecified atom stereocenters. The number of nitrogens with one attached hydrogen (secondary N) is 2. The first kappa shape index (κ1) is 19.8. The molecule has 0 saturated carbocycles. The maximum absolute atomic E-state index is 5.23. The van der Waals surface area contributed by atoms with Crippen molar-refractivity contribution in [2.24, 2.45) is 0 Å². The summed E-state index contributed by atoms with van der Waals surface area (Å²) in [5.41, 5.74) is 0. The molecule has 2 N–H and O–H groups in total. The summed E-state index contributed by atoms with van der Waals surface area (Å²) in [6.07, 6.45) is 19.2. The molecule has 0 bridgehead atoms. The molecule has 5 heteroatoms. The summed E-state index contributed by atoms with van der Waals surface area (Å²) in [4.78, 5) is 4.24. The summed E-state index contributed by atoms with van der Waals surface area (Å²) in [6.45, 7) is 3.83. The van der Waals surface area contributed by atoms with E-state index in [1.54, 1.807) is 11.3 Å². The quantitative estimate of drug-likeness (QED) is 0.327. The van der Waals surface area contributed by atoms with Crippen LogP contribution in [0.3, 0.4) is 0 Å². The number of hydrogen-bond donors (Lipinski definition) is 2. The Kier molecular flexibility index (Phi) is 12.4. The van der Waals surface area contributed by atoms with Crippen LogP contribution in [0.25, 0.3) is 0 Å². The van der Waals surface area contributed by atoms with Gasteiger partial charge in [0.25, 0.3) is 0 Å². The molecule has 1 heterocycles. The Morgan fingerprint density at radius 3 is 2.78 bits per heavy atom. The lowest BCUT2D eigenvalue weighted by molar-refractivity contribution is 0.637. The van der Waals surface area contributed by atoms with Gasteiger partial charge in [0, 0.05) is 31.1 Å². The molecule has 0 aliphatic carbocycles. The third kappa shape index (κ3) is 12.0. The van der Waals surface area contributed by atoms with Crippen LogP contribution in [0, 0.1) is 0 Å². The number of rotatable bonds is 12. The highest BCUT2D eigenvalue weighted by molar-refractivity contribution is 7.80. The van der Waals surface area contributed by atoms with Crippen molar-refractivity contribution in [2.45, 2.75) is 51.9 Å². The number of hydrogen-bond acceptors (Lipinski definition) is 3. The van der Waals surface area contributed by atoms with Crippen molar-refractivity contribution in [1.29, 1.82) is 0 Å². The highest BCUT2D eigenvalue weighted by Gasteiger charge is 1.96. The number of thiazole rings is 1. The van der Waals surface area contributed by atoms with E-state index in [0.29, 0.717) is 5.11 Å². The Hall–Kier alpha value is -1.20. The fourth-order valence-corrected chi connectivity index (χ4v) is 2.87. The summed E-state index contributed by atoms with van der Waals surface area (Å²) in [5.74, 6) is 0. The van der Waals surface area contributed by atoms with Crippen LogP contribution in [0.4, 0.5) is 0 Å². The van der Waals surface area contributed by atoms with Gasteiger partial charge in [0.1, 0.15) is 0 Å². The van der Waals surface area contributed by atoms with Crippen molar-refractivity contribution in [2.75, 3.05) is 13.1 Å². The highest BCUT2D eigenvalue weighted by Crippen LogP contribution is 2.05. The Balaban J connectivity index is 1.93. The lowest BCUT2D eigenvalue weighted by Gasteiger charge is -2.07. The molecule has 128 valence electrons. The molecule has 0 atom stereocenters. The van der Waals surface area contributed by atoms with Crippen LogP contribution in [0.1, 0.15) is 50.5 Å². The number of unbranched alkanes of at least 4 members (excludes halogenated alkanes) is 5. The maximum atomic E-state index is 5.23. The third-order valence-corrected chi connectivity index (χ3v) is 4.47. The van der Waals surface area contributed by atoms with E-state index in [9.17, 15) is 0 Å². The number of nitrogens with zero attached hydrogens (tertiary/aromatic N) is 1. The molecule has 0 aromatic carbocycles. The molecule has 0 saturated heterocycles. The third-order valence-electron chi connectivity index (χ3n) is 3.35. The maximum Gasteiger partial charge on any atom is 0.166 e. The van der Waals surface area contributed by atoms with E-state index in [1.807, 2.05) is 11.6 Å². The van der Waals surface area contributed by atoms with Gasteiger partial charge < -0.3 is 10.6 Å². The van der Waals surface area contributed by atoms with Crippen molar-refractivity contribution >= 4 is 28.7 Å². The molecule has 1 aromatic heterocycles. The average molecular weight is 352 g/mol. The SMILES string of the molecule is CCCCCCCC=CC=CCNC(=S)NCCc1nccs1. The van der Waals surface area contributed by atoms with Crippen LogP contribution in [-0.4, -0.2) is 23.2 Å². The van der Waals surface area contributed by atoms with Crippen LogP contribution in [0.5, 0.6) is 0 Å². The van der Waals surface area contributed by atoms with Crippen LogP contribution >= 0.6 is 23.6 Å². The van der Waals surface area contributed by atoms with Crippen LogP contribution in [-0.2, 0) is 6.42 Å². The van der Waals surface area contributed by atoms with Gasteiger partial charge in [-0.2, -0.15) is 0 Å². The summed E-state index contributed by atoms with van der Waals surface area (Å²) >= 11 is 6.90. The lowest BCUT2D eigenvalue weighted by Crippen LogP contribution is -2.36. The fraction of sp³-hybridized carbons (Fsp3) is 0.556. The van der Waals surface area contributed by atoms with Gasteiger partial charge in [-0.05, 0) is 25.1 Å². The zero-order valence-electron chi connectivity index (χ0n) is 14.1. The van der Waals surface area contributed by atoms with E-state index >= 15 is 0 Å². The van der Waals surface area contributed by atoms with Gasteiger partial charge in [0.05, 0.1) is 5.01 Å². The monoisotopic (exact) mass is 351 g/mol. The molecule has 0 aliphatic heterocycles. The molecule has 1 aromatic rings. The average Bonchev–Trinajstić information content (AvgIpc) is 3.06. The van der Waals surface area contributed by atoms with Gasteiger partial charge in [-0.25, -0.2) is 4.98 Å².